The number of phenolic OH excluding ortho intramolecular Hbond substituents is 1. The monoisotopic (exact) mass is 218 g/mol. The maximum Gasteiger partial charge on any atom is 0.126 e. The molecule has 0 radical (unpaired) electrons. The predicted octanol–water partition coefficient (Wildman–Crippen LogP) is 2.47. The first-order valence-electron chi connectivity index (χ1n) is 3.27. The second-order valence-electron chi connectivity index (χ2n) is 2.21. The van der Waals surface area contributed by atoms with E-state index in [1.54, 1.807) is 6.07 Å². The van der Waals surface area contributed by atoms with Gasteiger partial charge in [-0.3, -0.25) is 0 Å². The molecule has 0 amide bonds. The minimum absolute atomic E-state index is 0.0319. The lowest BCUT2D eigenvalue weighted by Crippen LogP contribution is -1.87. The Labute approximate surface area is 73.0 Å². The van der Waals surface area contributed by atoms with E-state index in [-0.39, 0.29) is 5.75 Å². The first-order chi connectivity index (χ1) is 5.24. The Morgan fingerprint density at radius 1 is 1.45 bits per heavy atom. The van der Waals surface area contributed by atoms with E-state index in [1.165, 1.54) is 6.07 Å². The van der Waals surface area contributed by atoms with Crippen molar-refractivity contribution in [2.24, 2.45) is 0 Å². The van der Waals surface area contributed by atoms with Crippen molar-refractivity contribution in [2.75, 3.05) is 5.33 Å². The van der Waals surface area contributed by atoms with Crippen LogP contribution in [-0.2, 0) is 6.42 Å². The number of halogens is 2. The molecular weight excluding hydrogens is 211 g/mol. The summed E-state index contributed by atoms with van der Waals surface area (Å²) in [6.45, 7) is 0. The van der Waals surface area contributed by atoms with Gasteiger partial charge in [0.1, 0.15) is 11.6 Å². The number of hydrogen-bond donors (Lipinski definition) is 1. The Morgan fingerprint density at radius 3 is 2.73 bits per heavy atom. The number of aryl methyl sites for hydroxylation is 1. The van der Waals surface area contributed by atoms with Crippen molar-refractivity contribution in [1.29, 1.82) is 0 Å². The Hall–Kier alpha value is -0.570. The van der Waals surface area contributed by atoms with Gasteiger partial charge in [-0.05, 0) is 18.1 Å². The van der Waals surface area contributed by atoms with Crippen molar-refractivity contribution in [1.82, 2.24) is 0 Å². The van der Waals surface area contributed by atoms with Gasteiger partial charge in [0.25, 0.3) is 0 Å². The Morgan fingerprint density at radius 2 is 2.18 bits per heavy atom. The molecule has 0 heterocycles. The van der Waals surface area contributed by atoms with Crippen molar-refractivity contribution in [3.63, 3.8) is 0 Å². The number of phenols is 1. The second-order valence-corrected chi connectivity index (χ2v) is 3.01. The molecule has 11 heavy (non-hydrogen) atoms. The van der Waals surface area contributed by atoms with E-state index in [4.69, 9.17) is 5.11 Å². The average molecular weight is 219 g/mol. The summed E-state index contributed by atoms with van der Waals surface area (Å²) < 4.78 is 12.4. The molecule has 1 aromatic carbocycles. The SMILES string of the molecule is Oc1cc(F)ccc1CCBr. The number of rotatable bonds is 2. The van der Waals surface area contributed by atoms with Crippen LogP contribution in [0.2, 0.25) is 0 Å². The molecule has 0 aliphatic heterocycles. The lowest BCUT2D eigenvalue weighted by Gasteiger charge is -2.00. The molecule has 1 N–H and O–H groups in total. The standard InChI is InChI=1S/C8H8BrFO/c9-4-3-6-1-2-7(10)5-8(6)11/h1-2,5,11H,3-4H2. The fourth-order valence-corrected chi connectivity index (χ4v) is 1.28. The predicted molar refractivity (Wildman–Crippen MR) is 45.6 cm³/mol. The highest BCUT2D eigenvalue weighted by atomic mass is 79.9. The summed E-state index contributed by atoms with van der Waals surface area (Å²) in [7, 11) is 0. The molecule has 1 rings (SSSR count). The first kappa shape index (κ1) is 8.53. The zero-order valence-corrected chi connectivity index (χ0v) is 7.44. The van der Waals surface area contributed by atoms with Gasteiger partial charge in [-0.15, -0.1) is 0 Å². The minimum atomic E-state index is -0.402. The Balaban J connectivity index is 2.90. The normalized spacial score (nSPS) is 10.0. The van der Waals surface area contributed by atoms with Gasteiger partial charge in [0.2, 0.25) is 0 Å². The van der Waals surface area contributed by atoms with Crippen molar-refractivity contribution >= 4 is 15.9 Å². The zero-order chi connectivity index (χ0) is 8.27. The van der Waals surface area contributed by atoms with Crippen molar-refractivity contribution < 1.29 is 9.50 Å². The van der Waals surface area contributed by atoms with Crippen LogP contribution in [0.25, 0.3) is 0 Å². The van der Waals surface area contributed by atoms with Gasteiger partial charge in [0.15, 0.2) is 0 Å². The molecule has 0 saturated heterocycles. The lowest BCUT2D eigenvalue weighted by molar-refractivity contribution is 0.463. The summed E-state index contributed by atoms with van der Waals surface area (Å²) in [5.41, 5.74) is 0.767. The van der Waals surface area contributed by atoms with Gasteiger partial charge in [-0.25, -0.2) is 4.39 Å². The molecule has 1 aromatic rings. The molecule has 0 aliphatic carbocycles. The number of aromatic hydroxyl groups is 1. The third-order valence-electron chi connectivity index (χ3n) is 1.41. The van der Waals surface area contributed by atoms with E-state index in [0.29, 0.717) is 6.42 Å². The largest absolute Gasteiger partial charge is 0.508 e. The first-order valence-corrected chi connectivity index (χ1v) is 4.39. The number of alkyl halides is 1. The van der Waals surface area contributed by atoms with E-state index < -0.39 is 5.82 Å². The quantitative estimate of drug-likeness (QED) is 0.757. The van der Waals surface area contributed by atoms with Crippen molar-refractivity contribution in [3.8, 4) is 5.75 Å². The summed E-state index contributed by atoms with van der Waals surface area (Å²) in [5, 5.41) is 9.93. The van der Waals surface area contributed by atoms with Crippen LogP contribution in [-0.4, -0.2) is 10.4 Å². The molecule has 60 valence electrons. The van der Waals surface area contributed by atoms with E-state index >= 15 is 0 Å². The van der Waals surface area contributed by atoms with Gasteiger partial charge in [0.05, 0.1) is 0 Å². The maximum absolute atomic E-state index is 12.4. The van der Waals surface area contributed by atoms with Gasteiger partial charge in [0, 0.05) is 11.4 Å². The van der Waals surface area contributed by atoms with E-state index in [1.807, 2.05) is 0 Å². The van der Waals surface area contributed by atoms with Crippen LogP contribution < -0.4 is 0 Å². The molecule has 0 unspecified atom stereocenters. The molecule has 3 heteroatoms. The molecule has 0 atom stereocenters. The van der Waals surface area contributed by atoms with E-state index in [9.17, 15) is 4.39 Å². The van der Waals surface area contributed by atoms with Gasteiger partial charge < -0.3 is 5.11 Å². The van der Waals surface area contributed by atoms with Crippen LogP contribution in [0.15, 0.2) is 18.2 Å². The highest BCUT2D eigenvalue weighted by Gasteiger charge is 2.00. The van der Waals surface area contributed by atoms with Crippen LogP contribution in [0.5, 0.6) is 5.75 Å². The fourth-order valence-electron chi connectivity index (χ4n) is 0.850. The smallest absolute Gasteiger partial charge is 0.126 e. The maximum atomic E-state index is 12.4. The van der Waals surface area contributed by atoms with Crippen molar-refractivity contribution in [2.45, 2.75) is 6.42 Å². The average Bonchev–Trinajstić information content (AvgIpc) is 1.95. The Kier molecular flexibility index (Phi) is 2.88. The summed E-state index contributed by atoms with van der Waals surface area (Å²) >= 11 is 3.23. The number of hydrogen-bond acceptors (Lipinski definition) is 1. The molecule has 0 spiro atoms. The third-order valence-corrected chi connectivity index (χ3v) is 1.81. The highest BCUT2D eigenvalue weighted by molar-refractivity contribution is 9.09. The third kappa shape index (κ3) is 2.19. The highest BCUT2D eigenvalue weighted by Crippen LogP contribution is 2.18. The van der Waals surface area contributed by atoms with Crippen LogP contribution >= 0.6 is 15.9 Å². The molecule has 0 bridgehead atoms. The molecule has 1 nitrogen and oxygen atoms in total. The molecular formula is C8H8BrFO. The molecule has 0 aliphatic rings. The van der Waals surface area contributed by atoms with Gasteiger partial charge in [-0.2, -0.15) is 0 Å². The summed E-state index contributed by atoms with van der Waals surface area (Å²) in [6.07, 6.45) is 0.714. The minimum Gasteiger partial charge on any atom is -0.508 e. The summed E-state index contributed by atoms with van der Waals surface area (Å²) in [4.78, 5) is 0. The number of benzene rings is 1. The Bertz CT molecular complexity index is 250. The van der Waals surface area contributed by atoms with Crippen LogP contribution in [0.1, 0.15) is 5.56 Å². The topological polar surface area (TPSA) is 20.2 Å². The second kappa shape index (κ2) is 3.72. The fraction of sp³-hybridized carbons (Fsp3) is 0.250. The molecule has 0 fully saturated rings. The zero-order valence-electron chi connectivity index (χ0n) is 5.85. The van der Waals surface area contributed by atoms with Crippen LogP contribution in [0.4, 0.5) is 4.39 Å². The van der Waals surface area contributed by atoms with E-state index in [0.717, 1.165) is 17.0 Å². The summed E-state index contributed by atoms with van der Waals surface area (Å²) in [6, 6.07) is 4.06. The molecule has 0 saturated carbocycles. The van der Waals surface area contributed by atoms with E-state index in [2.05, 4.69) is 15.9 Å². The van der Waals surface area contributed by atoms with Crippen LogP contribution in [0.3, 0.4) is 0 Å². The van der Waals surface area contributed by atoms with Crippen molar-refractivity contribution in [3.05, 3.63) is 29.6 Å². The summed E-state index contributed by atoms with van der Waals surface area (Å²) in [5.74, 6) is -0.370. The molecule has 0 aromatic heterocycles. The van der Waals surface area contributed by atoms with Gasteiger partial charge >= 0.3 is 0 Å². The van der Waals surface area contributed by atoms with Crippen LogP contribution in [0, 0.1) is 5.82 Å². The van der Waals surface area contributed by atoms with Gasteiger partial charge in [-0.1, -0.05) is 22.0 Å². The lowest BCUT2D eigenvalue weighted by atomic mass is 10.1.